The van der Waals surface area contributed by atoms with Gasteiger partial charge in [-0.15, -0.1) is 0 Å². The third-order valence-corrected chi connectivity index (χ3v) is 6.01. The number of carbonyl (C=O) groups is 1. The predicted molar refractivity (Wildman–Crippen MR) is 132 cm³/mol. The SMILES string of the molecule is Cc1cccc(NC(=O)c2ccc(N3CCN(c4cccc(C)c4)[C@H](C)C3)c([N+](=O)[O-])c2)c1. The summed E-state index contributed by atoms with van der Waals surface area (Å²) in [6.45, 7) is 8.22. The van der Waals surface area contributed by atoms with E-state index in [1.54, 1.807) is 18.2 Å². The van der Waals surface area contributed by atoms with Crippen LogP contribution in [0.15, 0.2) is 66.7 Å². The first-order chi connectivity index (χ1) is 15.8. The highest BCUT2D eigenvalue weighted by Gasteiger charge is 2.29. The lowest BCUT2D eigenvalue weighted by atomic mass is 10.1. The summed E-state index contributed by atoms with van der Waals surface area (Å²) >= 11 is 0. The average Bonchev–Trinajstić information content (AvgIpc) is 2.78. The summed E-state index contributed by atoms with van der Waals surface area (Å²) in [5.74, 6) is -0.368. The number of hydrogen-bond acceptors (Lipinski definition) is 5. The van der Waals surface area contributed by atoms with E-state index < -0.39 is 4.92 Å². The van der Waals surface area contributed by atoms with Gasteiger partial charge in [-0.05, 0) is 68.3 Å². The highest BCUT2D eigenvalue weighted by atomic mass is 16.6. The molecule has 0 aliphatic carbocycles. The Kier molecular flexibility index (Phi) is 6.31. The number of nitrogens with zero attached hydrogens (tertiary/aromatic N) is 3. The van der Waals surface area contributed by atoms with Crippen LogP contribution in [0.4, 0.5) is 22.7 Å². The van der Waals surface area contributed by atoms with Gasteiger partial charge in [0.05, 0.1) is 4.92 Å². The Balaban J connectivity index is 1.53. The van der Waals surface area contributed by atoms with Gasteiger partial charge in [0.15, 0.2) is 0 Å². The van der Waals surface area contributed by atoms with Crippen molar-refractivity contribution in [3.8, 4) is 0 Å². The van der Waals surface area contributed by atoms with E-state index in [9.17, 15) is 14.9 Å². The average molecular weight is 445 g/mol. The Morgan fingerprint density at radius 2 is 1.73 bits per heavy atom. The first-order valence-electron chi connectivity index (χ1n) is 11.1. The van der Waals surface area contributed by atoms with Crippen LogP contribution in [0, 0.1) is 24.0 Å². The Labute approximate surface area is 193 Å². The second kappa shape index (κ2) is 9.32. The fourth-order valence-corrected chi connectivity index (χ4v) is 4.37. The van der Waals surface area contributed by atoms with Gasteiger partial charge in [0.1, 0.15) is 5.69 Å². The summed E-state index contributed by atoms with van der Waals surface area (Å²) in [4.78, 5) is 28.6. The molecule has 1 heterocycles. The van der Waals surface area contributed by atoms with Gasteiger partial charge in [0, 0.05) is 48.7 Å². The van der Waals surface area contributed by atoms with Gasteiger partial charge in [-0.25, -0.2) is 0 Å². The van der Waals surface area contributed by atoms with Crippen LogP contribution < -0.4 is 15.1 Å². The van der Waals surface area contributed by atoms with Crippen molar-refractivity contribution in [1.82, 2.24) is 0 Å². The number of aryl methyl sites for hydroxylation is 2. The maximum atomic E-state index is 12.7. The number of nitrogens with one attached hydrogen (secondary N) is 1. The summed E-state index contributed by atoms with van der Waals surface area (Å²) in [6, 6.07) is 20.7. The van der Waals surface area contributed by atoms with Gasteiger partial charge in [-0.3, -0.25) is 14.9 Å². The lowest BCUT2D eigenvalue weighted by Gasteiger charge is -2.42. The molecule has 1 saturated heterocycles. The normalized spacial score (nSPS) is 15.9. The van der Waals surface area contributed by atoms with Crippen molar-refractivity contribution in [3.05, 3.63) is 93.5 Å². The van der Waals surface area contributed by atoms with Crippen molar-refractivity contribution in [2.24, 2.45) is 0 Å². The molecule has 7 nitrogen and oxygen atoms in total. The number of nitro benzene ring substituents is 1. The first kappa shape index (κ1) is 22.3. The van der Waals surface area contributed by atoms with Crippen molar-refractivity contribution in [2.45, 2.75) is 26.8 Å². The summed E-state index contributed by atoms with van der Waals surface area (Å²) in [6.07, 6.45) is 0. The van der Waals surface area contributed by atoms with Gasteiger partial charge in [-0.1, -0.05) is 24.3 Å². The molecule has 7 heteroatoms. The number of anilines is 3. The Hall–Kier alpha value is -3.87. The zero-order chi connectivity index (χ0) is 23.5. The number of rotatable bonds is 5. The minimum atomic E-state index is -0.406. The molecule has 0 bridgehead atoms. The molecule has 1 fully saturated rings. The van der Waals surface area contributed by atoms with Crippen LogP contribution in [-0.2, 0) is 0 Å². The van der Waals surface area contributed by atoms with E-state index in [4.69, 9.17) is 0 Å². The molecule has 0 radical (unpaired) electrons. The summed E-state index contributed by atoms with van der Waals surface area (Å²) < 4.78 is 0. The molecular formula is C26H28N4O3. The van der Waals surface area contributed by atoms with E-state index in [1.807, 2.05) is 30.0 Å². The molecule has 1 amide bonds. The topological polar surface area (TPSA) is 78.7 Å². The van der Waals surface area contributed by atoms with Crippen molar-refractivity contribution < 1.29 is 9.72 Å². The maximum Gasteiger partial charge on any atom is 0.293 e. The largest absolute Gasteiger partial charge is 0.365 e. The minimum absolute atomic E-state index is 0.0527. The van der Waals surface area contributed by atoms with E-state index >= 15 is 0 Å². The molecule has 3 aromatic carbocycles. The Bertz CT molecular complexity index is 1190. The number of nitro groups is 1. The quantitative estimate of drug-likeness (QED) is 0.433. The fraction of sp³-hybridized carbons (Fsp3) is 0.269. The van der Waals surface area contributed by atoms with E-state index in [-0.39, 0.29) is 23.2 Å². The molecule has 0 aromatic heterocycles. The molecule has 1 atom stereocenters. The van der Waals surface area contributed by atoms with Crippen molar-refractivity contribution in [3.63, 3.8) is 0 Å². The maximum absolute atomic E-state index is 12.7. The molecule has 33 heavy (non-hydrogen) atoms. The molecule has 0 unspecified atom stereocenters. The van der Waals surface area contributed by atoms with Crippen LogP contribution in [-0.4, -0.2) is 36.5 Å². The smallest absolute Gasteiger partial charge is 0.293 e. The zero-order valence-corrected chi connectivity index (χ0v) is 19.1. The summed E-state index contributed by atoms with van der Waals surface area (Å²) in [5, 5.41) is 14.7. The molecule has 0 spiro atoms. The van der Waals surface area contributed by atoms with Crippen molar-refractivity contribution in [1.29, 1.82) is 0 Å². The number of amides is 1. The third-order valence-electron chi connectivity index (χ3n) is 6.01. The van der Waals surface area contributed by atoms with Crippen LogP contribution in [0.5, 0.6) is 0 Å². The molecule has 3 aromatic rings. The monoisotopic (exact) mass is 444 g/mol. The molecule has 1 aliphatic heterocycles. The van der Waals surface area contributed by atoms with Crippen LogP contribution in [0.2, 0.25) is 0 Å². The summed E-state index contributed by atoms with van der Waals surface area (Å²) in [7, 11) is 0. The number of hydrogen-bond donors (Lipinski definition) is 1. The van der Waals surface area contributed by atoms with Crippen LogP contribution in [0.3, 0.4) is 0 Å². The molecular weight excluding hydrogens is 416 g/mol. The summed E-state index contributed by atoms with van der Waals surface area (Å²) in [5.41, 5.74) is 4.81. The third kappa shape index (κ3) is 4.98. The second-order valence-electron chi connectivity index (χ2n) is 8.61. The van der Waals surface area contributed by atoms with Crippen LogP contribution in [0.25, 0.3) is 0 Å². The van der Waals surface area contributed by atoms with E-state index in [0.717, 1.165) is 12.1 Å². The first-order valence-corrected chi connectivity index (χ1v) is 11.1. The van der Waals surface area contributed by atoms with E-state index in [0.29, 0.717) is 24.5 Å². The minimum Gasteiger partial charge on any atom is -0.365 e. The highest BCUT2D eigenvalue weighted by Crippen LogP contribution is 2.32. The van der Waals surface area contributed by atoms with Gasteiger partial charge in [0.2, 0.25) is 0 Å². The van der Waals surface area contributed by atoms with E-state index in [1.165, 1.54) is 17.3 Å². The van der Waals surface area contributed by atoms with Crippen molar-refractivity contribution in [2.75, 3.05) is 34.8 Å². The molecule has 1 aliphatic rings. The number of benzene rings is 3. The van der Waals surface area contributed by atoms with Crippen LogP contribution >= 0.6 is 0 Å². The fourth-order valence-electron chi connectivity index (χ4n) is 4.37. The highest BCUT2D eigenvalue weighted by molar-refractivity contribution is 6.05. The Morgan fingerprint density at radius 3 is 2.39 bits per heavy atom. The van der Waals surface area contributed by atoms with Gasteiger partial charge < -0.3 is 15.1 Å². The second-order valence-corrected chi connectivity index (χ2v) is 8.61. The molecule has 0 saturated carbocycles. The van der Waals surface area contributed by atoms with Gasteiger partial charge >= 0.3 is 0 Å². The standard InChI is InChI=1S/C26H28N4O3/c1-18-6-4-8-22(14-18)27-26(31)21-10-11-24(25(16-21)30(32)33)28-12-13-29(20(3)17-28)23-9-5-7-19(2)15-23/h4-11,14-16,20H,12-13,17H2,1-3H3,(H,27,31)/t20-/m1/s1. The molecule has 170 valence electrons. The lowest BCUT2D eigenvalue weighted by Crippen LogP contribution is -2.52. The number of carbonyl (C=O) groups excluding carboxylic acids is 1. The van der Waals surface area contributed by atoms with Gasteiger partial charge in [0.25, 0.3) is 11.6 Å². The van der Waals surface area contributed by atoms with Crippen molar-refractivity contribution >= 4 is 28.7 Å². The lowest BCUT2D eigenvalue weighted by molar-refractivity contribution is -0.384. The zero-order valence-electron chi connectivity index (χ0n) is 19.1. The predicted octanol–water partition coefficient (Wildman–Crippen LogP) is 5.18. The molecule has 4 rings (SSSR count). The Morgan fingerprint density at radius 1 is 1.00 bits per heavy atom. The number of piperazine rings is 1. The molecule has 1 N–H and O–H groups in total. The van der Waals surface area contributed by atoms with Gasteiger partial charge in [-0.2, -0.15) is 0 Å². The van der Waals surface area contributed by atoms with E-state index in [2.05, 4.69) is 48.3 Å². The van der Waals surface area contributed by atoms with Crippen LogP contribution in [0.1, 0.15) is 28.4 Å².